The van der Waals surface area contributed by atoms with Crippen LogP contribution in [0.4, 0.5) is 0 Å². The average molecular weight is 315 g/mol. The van der Waals surface area contributed by atoms with Gasteiger partial charge in [0, 0.05) is 0 Å². The minimum atomic E-state index is -0.767. The summed E-state index contributed by atoms with van der Waals surface area (Å²) in [7, 11) is 0. The average Bonchev–Trinajstić information content (AvgIpc) is 2.54. The second-order valence-electron chi connectivity index (χ2n) is 6.22. The van der Waals surface area contributed by atoms with Crippen LogP contribution in [0.25, 0.3) is 0 Å². The molecule has 3 nitrogen and oxygen atoms in total. The van der Waals surface area contributed by atoms with Gasteiger partial charge in [0.2, 0.25) is 0 Å². The molecule has 0 amide bonds. The monoisotopic (exact) mass is 314 g/mol. The van der Waals surface area contributed by atoms with Crippen molar-refractivity contribution in [2.24, 2.45) is 0 Å². The largest absolute Gasteiger partial charge is 0.499 e. The van der Waals surface area contributed by atoms with Gasteiger partial charge in [0.25, 0.3) is 0 Å². The summed E-state index contributed by atoms with van der Waals surface area (Å²) in [5.41, 5.74) is 0. The van der Waals surface area contributed by atoms with Crippen molar-refractivity contribution in [2.75, 3.05) is 13.2 Å². The van der Waals surface area contributed by atoms with Crippen LogP contribution in [0.15, 0.2) is 12.3 Å². The highest BCUT2D eigenvalue weighted by atomic mass is 16.5. The third-order valence-electron chi connectivity index (χ3n) is 3.92. The number of hydrogen-bond acceptors (Lipinski definition) is 3. The second kappa shape index (κ2) is 18.5. The minimum absolute atomic E-state index is 0.172. The first-order valence-electron chi connectivity index (χ1n) is 9.36. The Balaban J connectivity index is 3.06. The van der Waals surface area contributed by atoms with E-state index < -0.39 is 6.10 Å². The van der Waals surface area contributed by atoms with Crippen molar-refractivity contribution >= 4 is 0 Å². The Hall–Kier alpha value is -0.540. The van der Waals surface area contributed by atoms with Crippen LogP contribution in [0.3, 0.4) is 0 Å². The summed E-state index contributed by atoms with van der Waals surface area (Å²) in [6, 6.07) is 0. The molecule has 0 aliphatic carbocycles. The van der Waals surface area contributed by atoms with Crippen molar-refractivity contribution in [2.45, 2.75) is 96.5 Å². The molecule has 132 valence electrons. The molecule has 0 spiro atoms. The molecule has 0 aromatic carbocycles. The van der Waals surface area contributed by atoms with E-state index in [4.69, 9.17) is 14.9 Å². The first-order valence-corrected chi connectivity index (χ1v) is 9.36. The first-order chi connectivity index (χ1) is 10.8. The number of unbranched alkanes of at least 4 members (excludes halogenated alkanes) is 12. The molecule has 0 rings (SSSR count). The van der Waals surface area contributed by atoms with Crippen LogP contribution in [0, 0.1) is 0 Å². The summed E-state index contributed by atoms with van der Waals surface area (Å²) < 4.78 is 5.10. The van der Waals surface area contributed by atoms with Gasteiger partial charge in [-0.2, -0.15) is 0 Å². The molecular weight excluding hydrogens is 276 g/mol. The predicted octanol–water partition coefficient (Wildman–Crippen LogP) is 4.96. The Morgan fingerprint density at radius 3 is 1.82 bits per heavy atom. The molecule has 0 saturated carbocycles. The highest BCUT2D eigenvalue weighted by molar-refractivity contribution is 4.73. The van der Waals surface area contributed by atoms with Crippen LogP contribution in [0.2, 0.25) is 0 Å². The molecule has 0 saturated heterocycles. The Morgan fingerprint density at radius 1 is 0.818 bits per heavy atom. The lowest BCUT2D eigenvalue weighted by atomic mass is 10.0. The van der Waals surface area contributed by atoms with Crippen LogP contribution in [-0.4, -0.2) is 29.5 Å². The molecule has 0 fully saturated rings. The van der Waals surface area contributed by atoms with Crippen molar-refractivity contribution in [3.05, 3.63) is 12.3 Å². The maximum atomic E-state index is 9.06. The van der Waals surface area contributed by atoms with Crippen molar-refractivity contribution in [3.63, 3.8) is 0 Å². The van der Waals surface area contributed by atoms with Gasteiger partial charge in [-0.05, 0) is 18.9 Å². The van der Waals surface area contributed by atoms with Gasteiger partial charge in [-0.25, -0.2) is 0 Å². The summed E-state index contributed by atoms with van der Waals surface area (Å²) in [4.78, 5) is 0. The highest BCUT2D eigenvalue weighted by Gasteiger charge is 1.98. The molecule has 1 unspecified atom stereocenters. The summed E-state index contributed by atoms with van der Waals surface area (Å²) in [5.74, 6) is 0. The standard InChI is InChI=1S/C19H38O3/c1-2-3-4-5-6-7-8-9-10-11-12-13-14-15-16-22-18-19(21)17-20/h15-16,19-21H,2-14,17-18H2,1H3/b16-15-. The van der Waals surface area contributed by atoms with Gasteiger partial charge in [0.1, 0.15) is 12.7 Å². The van der Waals surface area contributed by atoms with E-state index in [0.717, 1.165) is 6.42 Å². The fourth-order valence-corrected chi connectivity index (χ4v) is 2.46. The zero-order chi connectivity index (χ0) is 16.3. The number of rotatable bonds is 17. The molecule has 0 aromatic rings. The third kappa shape index (κ3) is 17.5. The number of allylic oxidation sites excluding steroid dienone is 1. The van der Waals surface area contributed by atoms with Crippen LogP contribution in [-0.2, 0) is 4.74 Å². The van der Waals surface area contributed by atoms with E-state index in [9.17, 15) is 0 Å². The fraction of sp³-hybridized carbons (Fsp3) is 0.895. The molecule has 0 radical (unpaired) electrons. The van der Waals surface area contributed by atoms with Crippen LogP contribution < -0.4 is 0 Å². The molecule has 1 atom stereocenters. The smallest absolute Gasteiger partial charge is 0.115 e. The molecule has 2 N–H and O–H groups in total. The maximum Gasteiger partial charge on any atom is 0.115 e. The molecule has 0 aliphatic heterocycles. The molecule has 0 aliphatic rings. The second-order valence-corrected chi connectivity index (χ2v) is 6.22. The quantitative estimate of drug-likeness (QED) is 0.295. The Labute approximate surface area is 137 Å². The lowest BCUT2D eigenvalue weighted by Gasteiger charge is -2.05. The third-order valence-corrected chi connectivity index (χ3v) is 3.92. The summed E-state index contributed by atoms with van der Waals surface area (Å²) in [6.45, 7) is 2.20. The van der Waals surface area contributed by atoms with Gasteiger partial charge in [-0.1, -0.05) is 77.6 Å². The fourth-order valence-electron chi connectivity index (χ4n) is 2.46. The number of aliphatic hydroxyl groups excluding tert-OH is 2. The van der Waals surface area contributed by atoms with Crippen LogP contribution in [0.1, 0.15) is 90.4 Å². The number of ether oxygens (including phenoxy) is 1. The predicted molar refractivity (Wildman–Crippen MR) is 93.9 cm³/mol. The van der Waals surface area contributed by atoms with Crippen molar-refractivity contribution < 1.29 is 14.9 Å². The van der Waals surface area contributed by atoms with Crippen molar-refractivity contribution in [1.29, 1.82) is 0 Å². The zero-order valence-electron chi connectivity index (χ0n) is 14.6. The van der Waals surface area contributed by atoms with E-state index in [1.807, 2.05) is 6.08 Å². The van der Waals surface area contributed by atoms with E-state index in [1.54, 1.807) is 6.26 Å². The van der Waals surface area contributed by atoms with E-state index in [2.05, 4.69) is 6.92 Å². The number of hydrogen-bond donors (Lipinski definition) is 2. The van der Waals surface area contributed by atoms with Gasteiger partial charge < -0.3 is 14.9 Å². The molecule has 22 heavy (non-hydrogen) atoms. The topological polar surface area (TPSA) is 49.7 Å². The lowest BCUT2D eigenvalue weighted by Crippen LogP contribution is -2.17. The molecule has 0 bridgehead atoms. The van der Waals surface area contributed by atoms with Crippen LogP contribution in [0.5, 0.6) is 0 Å². The molecule has 0 heterocycles. The van der Waals surface area contributed by atoms with E-state index in [0.29, 0.717) is 0 Å². The SMILES string of the molecule is CCCCCCCCCCCCCC/C=C\OCC(O)CO. The highest BCUT2D eigenvalue weighted by Crippen LogP contribution is 2.12. The zero-order valence-corrected chi connectivity index (χ0v) is 14.6. The van der Waals surface area contributed by atoms with E-state index in [1.165, 1.54) is 77.0 Å². The van der Waals surface area contributed by atoms with Gasteiger partial charge in [-0.3, -0.25) is 0 Å². The van der Waals surface area contributed by atoms with Gasteiger partial charge in [0.05, 0.1) is 12.9 Å². The summed E-state index contributed by atoms with van der Waals surface area (Å²) in [5, 5.41) is 17.7. The maximum absolute atomic E-state index is 9.06. The van der Waals surface area contributed by atoms with Gasteiger partial charge >= 0.3 is 0 Å². The minimum Gasteiger partial charge on any atom is -0.499 e. The molecular formula is C19H38O3. The Kier molecular flexibility index (Phi) is 18.1. The molecule has 0 aromatic heterocycles. The summed E-state index contributed by atoms with van der Waals surface area (Å²) in [6.07, 6.45) is 20.4. The van der Waals surface area contributed by atoms with Crippen molar-refractivity contribution in [1.82, 2.24) is 0 Å². The van der Waals surface area contributed by atoms with Gasteiger partial charge in [-0.15, -0.1) is 0 Å². The van der Waals surface area contributed by atoms with Gasteiger partial charge in [0.15, 0.2) is 0 Å². The van der Waals surface area contributed by atoms with E-state index in [-0.39, 0.29) is 13.2 Å². The summed E-state index contributed by atoms with van der Waals surface area (Å²) >= 11 is 0. The normalized spacial score (nSPS) is 12.9. The van der Waals surface area contributed by atoms with E-state index >= 15 is 0 Å². The Morgan fingerprint density at radius 2 is 1.32 bits per heavy atom. The Bertz CT molecular complexity index is 229. The van der Waals surface area contributed by atoms with Crippen molar-refractivity contribution in [3.8, 4) is 0 Å². The lowest BCUT2D eigenvalue weighted by molar-refractivity contribution is 0.0383. The first kappa shape index (κ1) is 21.5. The van der Waals surface area contributed by atoms with Crippen LogP contribution >= 0.6 is 0 Å². The number of aliphatic hydroxyl groups is 2. The molecule has 3 heteroatoms.